The zero-order valence-electron chi connectivity index (χ0n) is 20.5. The number of hydrogen-bond donors (Lipinski definition) is 0. The molecule has 0 aliphatic heterocycles. The summed E-state index contributed by atoms with van der Waals surface area (Å²) in [4.78, 5) is 16.3. The van der Waals surface area contributed by atoms with Gasteiger partial charge in [-0.15, -0.1) is 0 Å². The lowest BCUT2D eigenvalue weighted by Gasteiger charge is -2.09. The number of amides is 1. The van der Waals surface area contributed by atoms with Gasteiger partial charge < -0.3 is 4.74 Å². The molecule has 0 aliphatic rings. The molecule has 9 heteroatoms. The molecule has 0 spiro atoms. The molecule has 1 aromatic heterocycles. The molecule has 4 nitrogen and oxygen atoms in total. The van der Waals surface area contributed by atoms with E-state index in [2.05, 4.69) is 4.99 Å². The second-order valence-electron chi connectivity index (χ2n) is 6.15. The molecule has 0 unspecified atom stereocenters. The molecule has 0 N–H and O–H groups in total. The van der Waals surface area contributed by atoms with Crippen LogP contribution in [0.3, 0.4) is 0 Å². The Morgan fingerprint density at radius 3 is 2.37 bits per heavy atom. The number of aromatic nitrogens is 1. The van der Waals surface area contributed by atoms with E-state index in [4.69, 9.17) is 23.2 Å². The zero-order valence-corrected chi connectivity index (χ0v) is 17.0. The molecule has 158 valence electrons. The first-order chi connectivity index (χ1) is 16.1. The van der Waals surface area contributed by atoms with Gasteiger partial charge in [-0.25, -0.2) is 0 Å². The van der Waals surface area contributed by atoms with Crippen LogP contribution in [0.25, 0.3) is 0 Å². The lowest BCUT2D eigenvalue weighted by atomic mass is 10.1. The number of alkyl halides is 3. The molecule has 1 amide bonds. The van der Waals surface area contributed by atoms with Crippen molar-refractivity contribution in [2.24, 2.45) is 4.99 Å². The first-order valence-electron chi connectivity index (χ1n) is 11.0. The van der Waals surface area contributed by atoms with Crippen LogP contribution < -0.4 is 9.41 Å². The monoisotopic (exact) mass is 459 g/mol. The summed E-state index contributed by atoms with van der Waals surface area (Å²) in [6.45, 7) is -4.26. The van der Waals surface area contributed by atoms with E-state index >= 15 is 0 Å². The topological polar surface area (TPSA) is 43.6 Å². The number of nitrogens with zero attached hydrogens (tertiary/aromatic N) is 2. The highest BCUT2D eigenvalue weighted by Crippen LogP contribution is 2.31. The van der Waals surface area contributed by atoms with Gasteiger partial charge in [0.2, 0.25) is 0 Å². The fraction of sp³-hybridized carbons (Fsp3) is 0.238. The van der Waals surface area contributed by atoms with Gasteiger partial charge in [0, 0.05) is 16.3 Å². The van der Waals surface area contributed by atoms with E-state index in [1.54, 1.807) is 24.3 Å². The average molecular weight is 460 g/mol. The van der Waals surface area contributed by atoms with Gasteiger partial charge in [0.15, 0.2) is 4.67 Å². The Bertz CT molecular complexity index is 1280. The van der Waals surface area contributed by atoms with Crippen molar-refractivity contribution in [2.45, 2.75) is 32.9 Å². The molecule has 0 aliphatic carbocycles. The number of aryl methyl sites for hydroxylation is 1. The van der Waals surface area contributed by atoms with Crippen LogP contribution in [0, 0.1) is 6.92 Å². The van der Waals surface area contributed by atoms with Crippen LogP contribution in [0.5, 0.6) is 11.5 Å². The van der Waals surface area contributed by atoms with Crippen LogP contribution in [-0.2, 0) is 23.9 Å². The predicted molar refractivity (Wildman–Crippen MR) is 110 cm³/mol. The number of carbonyl (C=O) groups is 1. The Labute approximate surface area is 187 Å². The van der Waals surface area contributed by atoms with Crippen LogP contribution in [-0.4, -0.2) is 9.86 Å². The van der Waals surface area contributed by atoms with Gasteiger partial charge in [0.05, 0.1) is 19.7 Å². The maximum absolute atomic E-state index is 12.7. The Hall–Kier alpha value is -2.58. The van der Waals surface area contributed by atoms with Crippen molar-refractivity contribution in [3.05, 3.63) is 75.0 Å². The lowest BCUT2D eigenvalue weighted by Crippen LogP contribution is -2.06. The maximum Gasteiger partial charge on any atom is 0.416 e. The van der Waals surface area contributed by atoms with Crippen LogP contribution in [0.1, 0.15) is 30.5 Å². The Morgan fingerprint density at radius 2 is 1.80 bits per heavy atom. The number of benzene rings is 2. The second-order valence-corrected chi connectivity index (χ2v) is 7.46. The minimum Gasteiger partial charge on any atom is -0.457 e. The van der Waals surface area contributed by atoms with Gasteiger partial charge in [0.25, 0.3) is 5.91 Å². The van der Waals surface area contributed by atoms with Crippen molar-refractivity contribution in [3.63, 3.8) is 0 Å². The second kappa shape index (κ2) is 9.06. The molecule has 0 saturated carbocycles. The molecule has 0 saturated heterocycles. The van der Waals surface area contributed by atoms with E-state index in [1.165, 1.54) is 19.1 Å². The predicted octanol–water partition coefficient (Wildman–Crippen LogP) is 6.01. The highest BCUT2D eigenvalue weighted by molar-refractivity contribution is 7.04. The summed E-state index contributed by atoms with van der Waals surface area (Å²) in [6.07, 6.45) is -4.56. The first kappa shape index (κ1) is 16.2. The molecule has 0 radical (unpaired) electrons. The number of hydrogen-bond acceptors (Lipinski definition) is 3. The smallest absolute Gasteiger partial charge is 0.416 e. The number of carbonyl (C=O) groups excluding carboxylic acids is 1. The van der Waals surface area contributed by atoms with E-state index < -0.39 is 31.0 Å². The molecule has 3 rings (SSSR count). The minimum absolute atomic E-state index is 0.00968. The molecule has 2 aromatic carbocycles. The largest absolute Gasteiger partial charge is 0.457 e. The zero-order chi connectivity index (χ0) is 26.2. The fourth-order valence-corrected chi connectivity index (χ4v) is 3.56. The van der Waals surface area contributed by atoms with Crippen molar-refractivity contribution < 1.29 is 29.6 Å². The highest BCUT2D eigenvalue weighted by Gasteiger charge is 2.30. The van der Waals surface area contributed by atoms with Gasteiger partial charge in [-0.2, -0.15) is 18.2 Å². The van der Waals surface area contributed by atoms with Gasteiger partial charge in [-0.3, -0.25) is 8.75 Å². The van der Waals surface area contributed by atoms with E-state index in [-0.39, 0.29) is 27.6 Å². The molecule has 30 heavy (non-hydrogen) atoms. The summed E-state index contributed by atoms with van der Waals surface area (Å²) >= 11 is 6.80. The van der Waals surface area contributed by atoms with Crippen LogP contribution in [0.4, 0.5) is 13.2 Å². The normalized spacial score (nSPS) is 15.6. The molecular formula is C21H18ClF3N2O2S. The van der Waals surface area contributed by atoms with Crippen molar-refractivity contribution in [1.29, 1.82) is 0 Å². The SMILES string of the molecule is [2H]C([2H])([2H])C([2H])([2H])n1sc(=NC(=O)Cc2ccc(Oc3ccc(C(F)(F)F)cc3)cc2)c(Cl)c1C. The van der Waals surface area contributed by atoms with E-state index in [1.807, 2.05) is 0 Å². The van der Waals surface area contributed by atoms with Gasteiger partial charge in [-0.1, -0.05) is 23.7 Å². The number of ether oxygens (including phenoxy) is 1. The van der Waals surface area contributed by atoms with E-state index in [0.717, 1.165) is 16.1 Å². The summed E-state index contributed by atoms with van der Waals surface area (Å²) in [6, 6.07) is 10.5. The van der Waals surface area contributed by atoms with Crippen molar-refractivity contribution >= 4 is 29.0 Å². The van der Waals surface area contributed by atoms with E-state index in [9.17, 15) is 18.0 Å². The van der Waals surface area contributed by atoms with Crippen molar-refractivity contribution in [2.75, 3.05) is 0 Å². The number of halogens is 4. The quantitative estimate of drug-likeness (QED) is 0.468. The lowest BCUT2D eigenvalue weighted by molar-refractivity contribution is -0.137. The van der Waals surface area contributed by atoms with Gasteiger partial charge in [0.1, 0.15) is 11.5 Å². The van der Waals surface area contributed by atoms with Crippen molar-refractivity contribution in [3.8, 4) is 11.5 Å². The molecule has 0 atom stereocenters. The third-order valence-electron chi connectivity index (χ3n) is 4.01. The maximum atomic E-state index is 12.7. The standard InChI is InChI=1S/C21H18ClF3N2O2S/c1-3-27-13(2)19(22)20(30-27)26-18(28)12-14-4-8-16(9-5-14)29-17-10-6-15(7-11-17)21(23,24)25/h4-11H,3,12H2,1-2H3/i1D3,3D2. The molecule has 0 bridgehead atoms. The Morgan fingerprint density at radius 1 is 1.20 bits per heavy atom. The Balaban J connectivity index is 1.72. The van der Waals surface area contributed by atoms with Crippen LogP contribution >= 0.6 is 23.1 Å². The van der Waals surface area contributed by atoms with Crippen LogP contribution in [0.15, 0.2) is 53.5 Å². The van der Waals surface area contributed by atoms with Gasteiger partial charge in [-0.05, 0) is 67.3 Å². The average Bonchev–Trinajstić information content (AvgIpc) is 3.03. The highest BCUT2D eigenvalue weighted by atomic mass is 35.5. The first-order valence-corrected chi connectivity index (χ1v) is 9.65. The number of rotatable bonds is 5. The summed E-state index contributed by atoms with van der Waals surface area (Å²) in [7, 11) is 0. The van der Waals surface area contributed by atoms with E-state index in [0.29, 0.717) is 22.8 Å². The summed E-state index contributed by atoms with van der Waals surface area (Å²) < 4.78 is 82.4. The van der Waals surface area contributed by atoms with Gasteiger partial charge >= 0.3 is 6.18 Å². The third kappa shape index (κ3) is 5.31. The fourth-order valence-electron chi connectivity index (χ4n) is 2.47. The molecular weight excluding hydrogens is 437 g/mol. The summed E-state index contributed by atoms with van der Waals surface area (Å²) in [5, 5.41) is -0.0169. The third-order valence-corrected chi connectivity index (χ3v) is 5.59. The molecule has 3 aromatic rings. The molecule has 0 fully saturated rings. The minimum atomic E-state index is -4.44. The Kier molecular flexibility index (Phi) is 4.88. The van der Waals surface area contributed by atoms with Crippen LogP contribution in [0.2, 0.25) is 5.02 Å². The summed E-state index contributed by atoms with van der Waals surface area (Å²) in [5.74, 6) is -0.0290. The van der Waals surface area contributed by atoms with Crippen molar-refractivity contribution in [1.82, 2.24) is 3.96 Å². The molecule has 1 heterocycles. The summed E-state index contributed by atoms with van der Waals surface area (Å²) in [5.41, 5.74) is -0.0914.